The summed E-state index contributed by atoms with van der Waals surface area (Å²) >= 11 is 0. The highest BCUT2D eigenvalue weighted by molar-refractivity contribution is 5.72. The normalized spacial score (nSPS) is 39.5. The van der Waals surface area contributed by atoms with Gasteiger partial charge in [0, 0.05) is 11.8 Å². The van der Waals surface area contributed by atoms with Crippen molar-refractivity contribution >= 4 is 5.97 Å². The van der Waals surface area contributed by atoms with Crippen molar-refractivity contribution in [2.24, 2.45) is 17.8 Å². The molecule has 0 saturated heterocycles. The van der Waals surface area contributed by atoms with E-state index in [9.17, 15) is 13.6 Å². The van der Waals surface area contributed by atoms with Crippen molar-refractivity contribution in [1.82, 2.24) is 0 Å². The lowest BCUT2D eigenvalue weighted by atomic mass is 9.98. The Labute approximate surface area is 81.6 Å². The predicted molar refractivity (Wildman–Crippen MR) is 45.9 cm³/mol. The summed E-state index contributed by atoms with van der Waals surface area (Å²) in [6.45, 7) is 0. The van der Waals surface area contributed by atoms with Crippen molar-refractivity contribution in [3.05, 3.63) is 0 Å². The number of ether oxygens (including phenoxy) is 1. The molecule has 0 heterocycles. The van der Waals surface area contributed by atoms with E-state index in [4.69, 9.17) is 0 Å². The standard InChI is InChI=1S/C10H14F2O2/c1-14-9(13)6-2-4-7-8(5-3-6)10(7,11)12/h6-8H,2-5H2,1H3. The molecule has 2 atom stereocenters. The molecule has 2 aliphatic rings. The van der Waals surface area contributed by atoms with Crippen molar-refractivity contribution in [3.8, 4) is 0 Å². The summed E-state index contributed by atoms with van der Waals surface area (Å²) < 4.78 is 30.6. The van der Waals surface area contributed by atoms with Gasteiger partial charge in [-0.25, -0.2) is 8.78 Å². The summed E-state index contributed by atoms with van der Waals surface area (Å²) in [6, 6.07) is 0. The topological polar surface area (TPSA) is 26.3 Å². The molecule has 0 N–H and O–H groups in total. The maximum absolute atomic E-state index is 13.0. The summed E-state index contributed by atoms with van der Waals surface area (Å²) in [5, 5.41) is 0. The number of hydrogen-bond acceptors (Lipinski definition) is 2. The minimum Gasteiger partial charge on any atom is -0.469 e. The second-order valence-electron chi connectivity index (χ2n) is 4.26. The molecule has 80 valence electrons. The Bertz CT molecular complexity index is 237. The Balaban J connectivity index is 1.92. The number of fused-ring (bicyclic) bond motifs is 1. The number of halogens is 2. The largest absolute Gasteiger partial charge is 0.469 e. The van der Waals surface area contributed by atoms with Crippen LogP contribution in [0.3, 0.4) is 0 Å². The Morgan fingerprint density at radius 1 is 1.21 bits per heavy atom. The summed E-state index contributed by atoms with van der Waals surface area (Å²) in [5.74, 6) is -3.76. The molecule has 2 fully saturated rings. The van der Waals surface area contributed by atoms with Crippen LogP contribution in [-0.4, -0.2) is 19.0 Å². The van der Waals surface area contributed by atoms with Crippen LogP contribution in [0.2, 0.25) is 0 Å². The number of carbonyl (C=O) groups excluding carboxylic acids is 1. The van der Waals surface area contributed by atoms with Crippen LogP contribution >= 0.6 is 0 Å². The maximum Gasteiger partial charge on any atom is 0.308 e. The molecule has 2 aliphatic carbocycles. The van der Waals surface area contributed by atoms with E-state index in [-0.39, 0.29) is 11.9 Å². The molecule has 0 aromatic rings. The molecular weight excluding hydrogens is 190 g/mol. The third-order valence-electron chi connectivity index (χ3n) is 3.55. The number of rotatable bonds is 1. The molecule has 14 heavy (non-hydrogen) atoms. The SMILES string of the molecule is COC(=O)C1CCC2C(CC1)C2(F)F. The molecule has 2 unspecified atom stereocenters. The van der Waals surface area contributed by atoms with E-state index in [1.54, 1.807) is 0 Å². The number of hydrogen-bond donors (Lipinski definition) is 0. The summed E-state index contributed by atoms with van der Waals surface area (Å²) in [5.41, 5.74) is 0. The first-order valence-corrected chi connectivity index (χ1v) is 5.03. The zero-order valence-electron chi connectivity index (χ0n) is 8.13. The Morgan fingerprint density at radius 3 is 2.14 bits per heavy atom. The van der Waals surface area contributed by atoms with Crippen molar-refractivity contribution in [1.29, 1.82) is 0 Å². The average Bonchev–Trinajstić information content (AvgIpc) is 2.76. The first-order valence-electron chi connectivity index (χ1n) is 5.03. The number of methoxy groups -OCH3 is 1. The van der Waals surface area contributed by atoms with Gasteiger partial charge < -0.3 is 4.74 Å². The molecule has 2 nitrogen and oxygen atoms in total. The molecule has 0 aliphatic heterocycles. The van der Waals surface area contributed by atoms with Gasteiger partial charge in [-0.05, 0) is 25.7 Å². The molecule has 4 heteroatoms. The van der Waals surface area contributed by atoms with E-state index in [0.29, 0.717) is 25.7 Å². The van der Waals surface area contributed by atoms with E-state index >= 15 is 0 Å². The fourth-order valence-corrected chi connectivity index (χ4v) is 2.56. The molecule has 0 amide bonds. The van der Waals surface area contributed by atoms with Crippen LogP contribution in [0.4, 0.5) is 8.78 Å². The molecule has 0 bridgehead atoms. The lowest BCUT2D eigenvalue weighted by molar-refractivity contribution is -0.146. The van der Waals surface area contributed by atoms with Crippen LogP contribution in [0.15, 0.2) is 0 Å². The average molecular weight is 204 g/mol. The first kappa shape index (κ1) is 9.87. The van der Waals surface area contributed by atoms with Gasteiger partial charge in [0.25, 0.3) is 5.92 Å². The molecule has 2 saturated carbocycles. The number of esters is 1. The van der Waals surface area contributed by atoms with Crippen LogP contribution in [0.25, 0.3) is 0 Å². The second kappa shape index (κ2) is 3.17. The minimum absolute atomic E-state index is 0.149. The van der Waals surface area contributed by atoms with Gasteiger partial charge in [0.1, 0.15) is 0 Å². The summed E-state index contributed by atoms with van der Waals surface area (Å²) in [6.07, 6.45) is 2.06. The van der Waals surface area contributed by atoms with Crippen molar-refractivity contribution in [3.63, 3.8) is 0 Å². The van der Waals surface area contributed by atoms with Gasteiger partial charge in [-0.3, -0.25) is 4.79 Å². The van der Waals surface area contributed by atoms with Crippen LogP contribution in [-0.2, 0) is 9.53 Å². The van der Waals surface area contributed by atoms with E-state index < -0.39 is 17.8 Å². The smallest absolute Gasteiger partial charge is 0.308 e. The van der Waals surface area contributed by atoms with Crippen LogP contribution in [0, 0.1) is 17.8 Å². The lowest BCUT2D eigenvalue weighted by Crippen LogP contribution is -2.17. The zero-order valence-corrected chi connectivity index (χ0v) is 8.13. The van der Waals surface area contributed by atoms with Gasteiger partial charge in [-0.1, -0.05) is 0 Å². The van der Waals surface area contributed by atoms with Crippen molar-refractivity contribution in [2.45, 2.75) is 31.6 Å². The zero-order chi connectivity index (χ0) is 10.3. The predicted octanol–water partition coefficient (Wildman–Crippen LogP) is 2.23. The van der Waals surface area contributed by atoms with Crippen LogP contribution in [0.5, 0.6) is 0 Å². The highest BCUT2D eigenvalue weighted by Crippen LogP contribution is 2.61. The van der Waals surface area contributed by atoms with Gasteiger partial charge in [0.05, 0.1) is 13.0 Å². The van der Waals surface area contributed by atoms with Gasteiger partial charge in [0.2, 0.25) is 0 Å². The van der Waals surface area contributed by atoms with Crippen molar-refractivity contribution in [2.75, 3.05) is 7.11 Å². The Kier molecular flexibility index (Phi) is 2.24. The fourth-order valence-electron chi connectivity index (χ4n) is 2.56. The van der Waals surface area contributed by atoms with Crippen LogP contribution in [0.1, 0.15) is 25.7 Å². The highest BCUT2D eigenvalue weighted by Gasteiger charge is 2.67. The van der Waals surface area contributed by atoms with Gasteiger partial charge >= 0.3 is 5.97 Å². The third kappa shape index (κ3) is 1.41. The summed E-state index contributed by atoms with van der Waals surface area (Å²) in [4.78, 5) is 11.2. The highest BCUT2D eigenvalue weighted by atomic mass is 19.3. The summed E-state index contributed by atoms with van der Waals surface area (Å²) in [7, 11) is 1.35. The fraction of sp³-hybridized carbons (Fsp3) is 0.900. The Hall–Kier alpha value is -0.670. The first-order chi connectivity index (χ1) is 6.57. The number of carbonyl (C=O) groups is 1. The quantitative estimate of drug-likeness (QED) is 0.612. The molecule has 0 radical (unpaired) electrons. The van der Waals surface area contributed by atoms with Crippen LogP contribution < -0.4 is 0 Å². The third-order valence-corrected chi connectivity index (χ3v) is 3.55. The monoisotopic (exact) mass is 204 g/mol. The van der Waals surface area contributed by atoms with Gasteiger partial charge in [-0.15, -0.1) is 0 Å². The molecule has 0 spiro atoms. The van der Waals surface area contributed by atoms with Gasteiger partial charge in [-0.2, -0.15) is 0 Å². The van der Waals surface area contributed by atoms with Gasteiger partial charge in [0.15, 0.2) is 0 Å². The Morgan fingerprint density at radius 2 is 1.71 bits per heavy atom. The molecular formula is C10H14F2O2. The minimum atomic E-state index is -2.44. The van der Waals surface area contributed by atoms with E-state index in [1.807, 2.05) is 0 Å². The molecule has 0 aromatic heterocycles. The van der Waals surface area contributed by atoms with E-state index in [0.717, 1.165) is 0 Å². The van der Waals surface area contributed by atoms with Crippen molar-refractivity contribution < 1.29 is 18.3 Å². The van der Waals surface area contributed by atoms with E-state index in [2.05, 4.69) is 4.74 Å². The molecule has 0 aromatic carbocycles. The lowest BCUT2D eigenvalue weighted by Gasteiger charge is -2.12. The molecule has 2 rings (SSSR count). The second-order valence-corrected chi connectivity index (χ2v) is 4.26. The van der Waals surface area contributed by atoms with E-state index in [1.165, 1.54) is 7.11 Å². The number of alkyl halides is 2. The maximum atomic E-state index is 13.0.